The Labute approximate surface area is 100 Å². The second-order valence-corrected chi connectivity index (χ2v) is 6.91. The molecule has 1 heteroatoms. The summed E-state index contributed by atoms with van der Waals surface area (Å²) < 4.78 is 0. The van der Waals surface area contributed by atoms with Gasteiger partial charge in [0.2, 0.25) is 0 Å². The summed E-state index contributed by atoms with van der Waals surface area (Å²) in [5.74, 6) is 4.01. The molecule has 0 amide bonds. The summed E-state index contributed by atoms with van der Waals surface area (Å²) in [6.45, 7) is 2.29. The first-order valence-corrected chi connectivity index (χ1v) is 7.50. The van der Waals surface area contributed by atoms with Gasteiger partial charge in [-0.3, -0.25) is 0 Å². The van der Waals surface area contributed by atoms with Crippen LogP contribution in [0.15, 0.2) is 0 Å². The van der Waals surface area contributed by atoms with E-state index in [2.05, 4.69) is 6.92 Å². The highest BCUT2D eigenvalue weighted by atomic mass is 14.8. The molecule has 0 aromatic heterocycles. The molecule has 3 aliphatic rings. The van der Waals surface area contributed by atoms with Gasteiger partial charge in [-0.05, 0) is 62.2 Å². The van der Waals surface area contributed by atoms with Gasteiger partial charge in [0.15, 0.2) is 0 Å². The van der Waals surface area contributed by atoms with Gasteiger partial charge in [0, 0.05) is 5.54 Å². The molecule has 0 saturated heterocycles. The number of hydrogen-bond donors (Lipinski definition) is 1. The van der Waals surface area contributed by atoms with Crippen LogP contribution in [0.5, 0.6) is 0 Å². The molecule has 0 aliphatic heterocycles. The minimum absolute atomic E-state index is 0.229. The molecule has 92 valence electrons. The van der Waals surface area contributed by atoms with Crippen molar-refractivity contribution in [1.29, 1.82) is 0 Å². The number of nitrogens with two attached hydrogens (primary N) is 1. The first-order chi connectivity index (χ1) is 7.71. The lowest BCUT2D eigenvalue weighted by Gasteiger charge is -2.47. The van der Waals surface area contributed by atoms with Crippen LogP contribution >= 0.6 is 0 Å². The lowest BCUT2D eigenvalue weighted by atomic mass is 9.62. The molecule has 3 fully saturated rings. The molecule has 0 spiro atoms. The topological polar surface area (TPSA) is 26.0 Å². The average molecular weight is 221 g/mol. The summed E-state index contributed by atoms with van der Waals surface area (Å²) in [6, 6.07) is 0. The van der Waals surface area contributed by atoms with Crippen LogP contribution in [0, 0.1) is 23.7 Å². The van der Waals surface area contributed by atoms with Crippen LogP contribution in [0.2, 0.25) is 0 Å². The van der Waals surface area contributed by atoms with E-state index < -0.39 is 0 Å². The Morgan fingerprint density at radius 1 is 1.12 bits per heavy atom. The Hall–Kier alpha value is -0.0400. The molecule has 3 rings (SSSR count). The molecule has 0 radical (unpaired) electrons. The molecule has 5 atom stereocenters. The third kappa shape index (κ3) is 1.72. The first-order valence-electron chi connectivity index (χ1n) is 7.50. The minimum Gasteiger partial charge on any atom is -0.325 e. The van der Waals surface area contributed by atoms with Gasteiger partial charge in [-0.25, -0.2) is 0 Å². The first kappa shape index (κ1) is 11.1. The van der Waals surface area contributed by atoms with Crippen LogP contribution in [0.3, 0.4) is 0 Å². The zero-order valence-corrected chi connectivity index (χ0v) is 10.8. The van der Waals surface area contributed by atoms with Gasteiger partial charge in [0.25, 0.3) is 0 Å². The van der Waals surface area contributed by atoms with Crippen molar-refractivity contribution in [3.8, 4) is 0 Å². The molecular weight excluding hydrogens is 194 g/mol. The highest BCUT2D eigenvalue weighted by molar-refractivity contribution is 5.04. The van der Waals surface area contributed by atoms with Crippen LogP contribution in [0.4, 0.5) is 0 Å². The molecule has 3 aliphatic carbocycles. The van der Waals surface area contributed by atoms with Crippen molar-refractivity contribution >= 4 is 0 Å². The Kier molecular flexibility index (Phi) is 2.78. The highest BCUT2D eigenvalue weighted by Gasteiger charge is 2.50. The van der Waals surface area contributed by atoms with Crippen molar-refractivity contribution in [1.82, 2.24) is 0 Å². The fourth-order valence-electron chi connectivity index (χ4n) is 5.02. The second kappa shape index (κ2) is 4.01. The molecule has 1 nitrogen and oxygen atoms in total. The molecule has 0 aromatic carbocycles. The Balaban J connectivity index is 1.77. The SMILES string of the molecule is CCCCC1(N)CC2CC3CCC1CC2C3. The number of hydrogen-bond acceptors (Lipinski definition) is 1. The summed E-state index contributed by atoms with van der Waals surface area (Å²) in [5.41, 5.74) is 7.01. The molecule has 3 saturated carbocycles. The van der Waals surface area contributed by atoms with Gasteiger partial charge in [-0.2, -0.15) is 0 Å². The summed E-state index contributed by atoms with van der Waals surface area (Å²) in [5, 5.41) is 0. The van der Waals surface area contributed by atoms with E-state index in [9.17, 15) is 0 Å². The standard InChI is InChI=1S/C15H27N/c1-2-3-6-15(16)10-13-8-11-4-5-14(15)9-12(13)7-11/h11-14H,2-10,16H2,1H3. The maximum atomic E-state index is 6.78. The predicted octanol–water partition coefficient (Wildman–Crippen LogP) is 3.72. The van der Waals surface area contributed by atoms with Gasteiger partial charge >= 0.3 is 0 Å². The Morgan fingerprint density at radius 3 is 2.75 bits per heavy atom. The van der Waals surface area contributed by atoms with Crippen molar-refractivity contribution < 1.29 is 0 Å². The van der Waals surface area contributed by atoms with E-state index in [1.807, 2.05) is 0 Å². The van der Waals surface area contributed by atoms with Crippen molar-refractivity contribution in [2.24, 2.45) is 29.4 Å². The zero-order chi connectivity index (χ0) is 11.2. The van der Waals surface area contributed by atoms with Crippen LogP contribution in [0.1, 0.15) is 64.7 Å². The monoisotopic (exact) mass is 221 g/mol. The third-order valence-corrected chi connectivity index (χ3v) is 5.90. The van der Waals surface area contributed by atoms with Crippen LogP contribution < -0.4 is 5.73 Å². The fraction of sp³-hybridized carbons (Fsp3) is 1.00. The van der Waals surface area contributed by atoms with Gasteiger partial charge < -0.3 is 5.73 Å². The normalized spacial score (nSPS) is 50.6. The largest absolute Gasteiger partial charge is 0.325 e. The van der Waals surface area contributed by atoms with Gasteiger partial charge in [0.1, 0.15) is 0 Å². The summed E-state index contributed by atoms with van der Waals surface area (Å²) in [6.07, 6.45) is 12.8. The third-order valence-electron chi connectivity index (χ3n) is 5.90. The van der Waals surface area contributed by atoms with E-state index in [0.29, 0.717) is 0 Å². The number of rotatable bonds is 3. The second-order valence-electron chi connectivity index (χ2n) is 6.91. The average Bonchev–Trinajstić information content (AvgIpc) is 2.50. The maximum absolute atomic E-state index is 6.78. The summed E-state index contributed by atoms with van der Waals surface area (Å²) >= 11 is 0. The zero-order valence-electron chi connectivity index (χ0n) is 10.8. The molecule has 5 unspecified atom stereocenters. The Morgan fingerprint density at radius 2 is 1.94 bits per heavy atom. The smallest absolute Gasteiger partial charge is 0.0185 e. The molecule has 2 N–H and O–H groups in total. The molecule has 0 heterocycles. The van der Waals surface area contributed by atoms with E-state index in [-0.39, 0.29) is 5.54 Å². The van der Waals surface area contributed by atoms with E-state index in [1.54, 1.807) is 6.42 Å². The lowest BCUT2D eigenvalue weighted by Crippen LogP contribution is -2.53. The van der Waals surface area contributed by atoms with Gasteiger partial charge in [0.05, 0.1) is 0 Å². The van der Waals surface area contributed by atoms with E-state index in [4.69, 9.17) is 5.73 Å². The van der Waals surface area contributed by atoms with Crippen molar-refractivity contribution in [3.05, 3.63) is 0 Å². The van der Waals surface area contributed by atoms with Gasteiger partial charge in [-0.15, -0.1) is 0 Å². The quantitative estimate of drug-likeness (QED) is 0.772. The van der Waals surface area contributed by atoms with E-state index in [1.165, 1.54) is 51.4 Å². The predicted molar refractivity (Wildman–Crippen MR) is 68.1 cm³/mol. The van der Waals surface area contributed by atoms with Crippen LogP contribution in [-0.4, -0.2) is 5.54 Å². The van der Waals surface area contributed by atoms with Crippen molar-refractivity contribution in [2.45, 2.75) is 70.3 Å². The number of unbranched alkanes of at least 4 members (excludes halogenated alkanes) is 1. The molecule has 16 heavy (non-hydrogen) atoms. The maximum Gasteiger partial charge on any atom is 0.0185 e. The molecule has 3 bridgehead atoms. The summed E-state index contributed by atoms with van der Waals surface area (Å²) in [4.78, 5) is 0. The van der Waals surface area contributed by atoms with Crippen molar-refractivity contribution in [2.75, 3.05) is 0 Å². The fourth-order valence-corrected chi connectivity index (χ4v) is 5.02. The van der Waals surface area contributed by atoms with E-state index in [0.717, 1.165) is 23.7 Å². The minimum atomic E-state index is 0.229. The van der Waals surface area contributed by atoms with Crippen LogP contribution in [0.25, 0.3) is 0 Å². The van der Waals surface area contributed by atoms with Crippen molar-refractivity contribution in [3.63, 3.8) is 0 Å². The molecule has 0 aromatic rings. The summed E-state index contributed by atoms with van der Waals surface area (Å²) in [7, 11) is 0. The lowest BCUT2D eigenvalue weighted by molar-refractivity contribution is 0.0812. The van der Waals surface area contributed by atoms with Gasteiger partial charge in [-0.1, -0.05) is 26.2 Å². The Bertz CT molecular complexity index is 262. The highest BCUT2D eigenvalue weighted by Crippen LogP contribution is 2.56. The van der Waals surface area contributed by atoms with Crippen LogP contribution in [-0.2, 0) is 0 Å². The molecular formula is C15H27N. The number of fused-ring (bicyclic) bond motifs is 2. The van der Waals surface area contributed by atoms with E-state index >= 15 is 0 Å².